The zero-order valence-corrected chi connectivity index (χ0v) is 14.1. The van der Waals surface area contributed by atoms with Gasteiger partial charge in [0.25, 0.3) is 0 Å². The third kappa shape index (κ3) is 3.61. The van der Waals surface area contributed by atoms with Crippen LogP contribution in [0.4, 0.5) is 0 Å². The molecule has 1 saturated heterocycles. The smallest absolute Gasteiger partial charge is 0.227 e. The van der Waals surface area contributed by atoms with Crippen LogP contribution >= 0.6 is 15.9 Å². The average Bonchev–Trinajstić information content (AvgIpc) is 2.40. The number of rotatable bonds is 3. The van der Waals surface area contributed by atoms with Gasteiger partial charge in [0.1, 0.15) is 0 Å². The molecule has 4 heteroatoms. The lowest BCUT2D eigenvalue weighted by Crippen LogP contribution is -2.50. The summed E-state index contributed by atoms with van der Waals surface area (Å²) < 4.78 is 1.01. The van der Waals surface area contributed by atoms with Gasteiger partial charge in [-0.3, -0.25) is 4.79 Å². The van der Waals surface area contributed by atoms with Gasteiger partial charge >= 0.3 is 0 Å². The van der Waals surface area contributed by atoms with Gasteiger partial charge in [-0.2, -0.15) is 0 Å². The molecule has 20 heavy (non-hydrogen) atoms. The maximum atomic E-state index is 12.5. The number of nitrogens with zero attached hydrogens (tertiary/aromatic N) is 2. The van der Waals surface area contributed by atoms with Crippen molar-refractivity contribution >= 4 is 21.8 Å². The summed E-state index contributed by atoms with van der Waals surface area (Å²) in [4.78, 5) is 16.8. The predicted molar refractivity (Wildman–Crippen MR) is 85.7 cm³/mol. The number of likely N-dealkylation sites (N-methyl/N-ethyl adjacent to an activating group) is 1. The van der Waals surface area contributed by atoms with Gasteiger partial charge in [-0.25, -0.2) is 0 Å². The second-order valence-electron chi connectivity index (χ2n) is 5.87. The van der Waals surface area contributed by atoms with Crippen molar-refractivity contribution in [1.29, 1.82) is 0 Å². The molecule has 1 aliphatic heterocycles. The molecule has 0 N–H and O–H groups in total. The van der Waals surface area contributed by atoms with Gasteiger partial charge in [-0.1, -0.05) is 41.1 Å². The number of likely N-dealkylation sites (tertiary alicyclic amines) is 1. The fourth-order valence-electron chi connectivity index (χ4n) is 3.03. The third-order valence-electron chi connectivity index (χ3n) is 4.25. The van der Waals surface area contributed by atoms with E-state index in [0.717, 1.165) is 29.5 Å². The van der Waals surface area contributed by atoms with Gasteiger partial charge in [0.05, 0.1) is 6.42 Å². The van der Waals surface area contributed by atoms with Crippen LogP contribution in [0.15, 0.2) is 28.7 Å². The molecule has 0 unspecified atom stereocenters. The van der Waals surface area contributed by atoms with Crippen LogP contribution in [-0.2, 0) is 11.2 Å². The Hall–Kier alpha value is -0.870. The van der Waals surface area contributed by atoms with E-state index in [1.54, 1.807) is 0 Å². The second-order valence-corrected chi connectivity index (χ2v) is 6.72. The first-order valence-electron chi connectivity index (χ1n) is 7.16. The van der Waals surface area contributed by atoms with Crippen molar-refractivity contribution in [3.05, 3.63) is 34.3 Å². The minimum atomic E-state index is 0.207. The van der Waals surface area contributed by atoms with Gasteiger partial charge in [0.2, 0.25) is 5.91 Å². The molecule has 1 heterocycles. The molecule has 0 bridgehead atoms. The average molecular weight is 339 g/mol. The van der Waals surface area contributed by atoms with Gasteiger partial charge in [-0.15, -0.1) is 0 Å². The predicted octanol–water partition coefficient (Wildman–Crippen LogP) is 2.79. The monoisotopic (exact) mass is 338 g/mol. The van der Waals surface area contributed by atoms with Gasteiger partial charge in [0, 0.05) is 24.1 Å². The Morgan fingerprint density at radius 1 is 1.45 bits per heavy atom. The number of carbonyl (C=O) groups is 1. The Bertz CT molecular complexity index is 477. The Labute approximate surface area is 130 Å². The summed E-state index contributed by atoms with van der Waals surface area (Å²) in [5.41, 5.74) is 1.06. The molecule has 0 spiro atoms. The van der Waals surface area contributed by atoms with E-state index < -0.39 is 0 Å². The van der Waals surface area contributed by atoms with E-state index in [0.29, 0.717) is 18.4 Å². The normalized spacial score (nSPS) is 23.6. The number of hydrogen-bond acceptors (Lipinski definition) is 2. The molecule has 110 valence electrons. The van der Waals surface area contributed by atoms with E-state index in [4.69, 9.17) is 0 Å². The Kier molecular flexibility index (Phi) is 5.22. The van der Waals surface area contributed by atoms with Gasteiger partial charge in [0.15, 0.2) is 0 Å². The lowest BCUT2D eigenvalue weighted by atomic mass is 9.92. The quantitative estimate of drug-likeness (QED) is 0.846. The molecule has 2 rings (SSSR count). The molecular formula is C16H23BrN2O. The van der Waals surface area contributed by atoms with E-state index in [-0.39, 0.29) is 5.91 Å². The first kappa shape index (κ1) is 15.5. The molecule has 1 aromatic rings. The molecule has 1 amide bonds. The lowest BCUT2D eigenvalue weighted by molar-refractivity contribution is -0.133. The van der Waals surface area contributed by atoms with Crippen LogP contribution in [0.25, 0.3) is 0 Å². The minimum Gasteiger partial charge on any atom is -0.342 e. The minimum absolute atomic E-state index is 0.207. The van der Waals surface area contributed by atoms with E-state index in [2.05, 4.69) is 34.8 Å². The molecular weight excluding hydrogens is 316 g/mol. The standard InChI is InChI=1S/C16H23BrN2O/c1-12-11-18(2)9-8-15(12)19(3)16(20)10-13-6-4-5-7-14(13)17/h4-7,12,15H,8-11H2,1-3H3/t12-,15+/m1/s1. The fraction of sp³-hybridized carbons (Fsp3) is 0.562. The van der Waals surface area contributed by atoms with Gasteiger partial charge < -0.3 is 9.80 Å². The first-order chi connectivity index (χ1) is 9.49. The van der Waals surface area contributed by atoms with E-state index >= 15 is 0 Å². The SMILES string of the molecule is C[C@@H]1CN(C)CC[C@@H]1N(C)C(=O)Cc1ccccc1Br. The summed E-state index contributed by atoms with van der Waals surface area (Å²) in [6.07, 6.45) is 1.53. The summed E-state index contributed by atoms with van der Waals surface area (Å²) in [6.45, 7) is 4.38. The highest BCUT2D eigenvalue weighted by atomic mass is 79.9. The lowest BCUT2D eigenvalue weighted by Gasteiger charge is -2.40. The summed E-state index contributed by atoms with van der Waals surface area (Å²) in [7, 11) is 4.10. The number of benzene rings is 1. The number of carbonyl (C=O) groups excluding carboxylic acids is 1. The molecule has 0 aliphatic carbocycles. The molecule has 1 fully saturated rings. The van der Waals surface area contributed by atoms with Crippen LogP contribution in [0.1, 0.15) is 18.9 Å². The van der Waals surface area contributed by atoms with Crippen molar-refractivity contribution in [2.75, 3.05) is 27.2 Å². The molecule has 2 atom stereocenters. The summed E-state index contributed by atoms with van der Waals surface area (Å²) in [6, 6.07) is 8.31. The molecule has 0 saturated carbocycles. The van der Waals surface area contributed by atoms with E-state index in [1.807, 2.05) is 36.2 Å². The van der Waals surface area contributed by atoms with Crippen LogP contribution in [0.2, 0.25) is 0 Å². The molecule has 0 radical (unpaired) electrons. The highest BCUT2D eigenvalue weighted by Crippen LogP contribution is 2.22. The third-order valence-corrected chi connectivity index (χ3v) is 5.03. The van der Waals surface area contributed by atoms with Crippen molar-refractivity contribution in [3.8, 4) is 0 Å². The maximum absolute atomic E-state index is 12.5. The van der Waals surface area contributed by atoms with E-state index in [1.165, 1.54) is 0 Å². The largest absolute Gasteiger partial charge is 0.342 e. The Morgan fingerprint density at radius 2 is 2.15 bits per heavy atom. The maximum Gasteiger partial charge on any atom is 0.227 e. The molecule has 1 aromatic carbocycles. The molecule has 0 aromatic heterocycles. The zero-order chi connectivity index (χ0) is 14.7. The summed E-state index contributed by atoms with van der Waals surface area (Å²) in [5, 5.41) is 0. The van der Waals surface area contributed by atoms with Crippen molar-refractivity contribution in [1.82, 2.24) is 9.80 Å². The van der Waals surface area contributed by atoms with Crippen molar-refractivity contribution in [3.63, 3.8) is 0 Å². The topological polar surface area (TPSA) is 23.6 Å². The number of piperidine rings is 1. The van der Waals surface area contributed by atoms with E-state index in [9.17, 15) is 4.79 Å². The zero-order valence-electron chi connectivity index (χ0n) is 12.5. The molecule has 1 aliphatic rings. The summed E-state index contributed by atoms with van der Waals surface area (Å²) >= 11 is 3.51. The fourth-order valence-corrected chi connectivity index (χ4v) is 3.46. The molecule has 3 nitrogen and oxygen atoms in total. The van der Waals surface area contributed by atoms with Crippen LogP contribution < -0.4 is 0 Å². The summed E-state index contributed by atoms with van der Waals surface area (Å²) in [5.74, 6) is 0.736. The van der Waals surface area contributed by atoms with Crippen LogP contribution in [0, 0.1) is 5.92 Å². The van der Waals surface area contributed by atoms with Gasteiger partial charge in [-0.05, 0) is 37.6 Å². The Balaban J connectivity index is 2.00. The highest BCUT2D eigenvalue weighted by Gasteiger charge is 2.29. The van der Waals surface area contributed by atoms with Crippen LogP contribution in [-0.4, -0.2) is 48.9 Å². The number of amides is 1. The second kappa shape index (κ2) is 6.72. The number of halogens is 1. The van der Waals surface area contributed by atoms with Crippen molar-refractivity contribution in [2.24, 2.45) is 5.92 Å². The van der Waals surface area contributed by atoms with Crippen LogP contribution in [0.3, 0.4) is 0 Å². The van der Waals surface area contributed by atoms with Crippen molar-refractivity contribution < 1.29 is 4.79 Å². The Morgan fingerprint density at radius 3 is 2.80 bits per heavy atom. The first-order valence-corrected chi connectivity index (χ1v) is 7.96. The van der Waals surface area contributed by atoms with Crippen LogP contribution in [0.5, 0.6) is 0 Å². The highest BCUT2D eigenvalue weighted by molar-refractivity contribution is 9.10. The number of hydrogen-bond donors (Lipinski definition) is 0. The van der Waals surface area contributed by atoms with Crippen molar-refractivity contribution in [2.45, 2.75) is 25.8 Å².